The van der Waals surface area contributed by atoms with Crippen molar-refractivity contribution in [3.63, 3.8) is 0 Å². The molecule has 0 amide bonds. The molecule has 1 aromatic carbocycles. The van der Waals surface area contributed by atoms with Crippen LogP contribution in [0.25, 0.3) is 0 Å². The minimum absolute atomic E-state index is 0.353. The van der Waals surface area contributed by atoms with Crippen molar-refractivity contribution in [2.45, 2.75) is 19.8 Å². The van der Waals surface area contributed by atoms with Crippen LogP contribution in [0.5, 0.6) is 0 Å². The normalized spacial score (nSPS) is 11.8. The highest BCUT2D eigenvalue weighted by Gasteiger charge is 2.03. The number of rotatable bonds is 2. The first-order valence-electron chi connectivity index (χ1n) is 4.32. The molecule has 66 valence electrons. The van der Waals surface area contributed by atoms with E-state index >= 15 is 0 Å². The molecule has 0 N–H and O–H groups in total. The van der Waals surface area contributed by atoms with Crippen molar-refractivity contribution in [2.75, 3.05) is 0 Å². The van der Waals surface area contributed by atoms with Crippen LogP contribution >= 0.6 is 0 Å². The summed E-state index contributed by atoms with van der Waals surface area (Å²) >= 11 is 0. The van der Waals surface area contributed by atoms with Crippen molar-refractivity contribution in [1.29, 1.82) is 5.26 Å². The smallest absolute Gasteiger partial charge is 0.0994 e. The van der Waals surface area contributed by atoms with Crippen molar-refractivity contribution in [1.82, 2.24) is 0 Å². The summed E-state index contributed by atoms with van der Waals surface area (Å²) in [6.45, 7) is 7.79. The van der Waals surface area contributed by atoms with Gasteiger partial charge >= 0.3 is 0 Å². The zero-order valence-electron chi connectivity index (χ0n) is 8.04. The third-order valence-electron chi connectivity index (χ3n) is 2.25. The van der Waals surface area contributed by atoms with Gasteiger partial charge in [-0.3, -0.25) is 0 Å². The number of hydrogen-bond donors (Lipinski definition) is 0. The first-order valence-corrected chi connectivity index (χ1v) is 4.32. The first kappa shape index (κ1) is 9.54. The minimum atomic E-state index is 0.353. The molecule has 1 atom stereocenters. The zero-order valence-corrected chi connectivity index (χ0v) is 8.04. The maximum atomic E-state index is 8.73. The van der Waals surface area contributed by atoms with Gasteiger partial charge in [0.05, 0.1) is 11.6 Å². The van der Waals surface area contributed by atoms with Gasteiger partial charge in [0.15, 0.2) is 0 Å². The van der Waals surface area contributed by atoms with E-state index in [2.05, 4.69) is 19.6 Å². The van der Waals surface area contributed by atoms with Crippen LogP contribution < -0.4 is 0 Å². The molecular formula is C12H13N. The van der Waals surface area contributed by atoms with Crippen molar-refractivity contribution >= 4 is 0 Å². The summed E-state index contributed by atoms with van der Waals surface area (Å²) in [5.41, 5.74) is 3.00. The molecule has 0 aliphatic carbocycles. The summed E-state index contributed by atoms with van der Waals surface area (Å²) in [7, 11) is 0. The molecule has 0 aromatic heterocycles. The minimum Gasteiger partial charge on any atom is -0.192 e. The highest BCUT2D eigenvalue weighted by molar-refractivity contribution is 5.40. The van der Waals surface area contributed by atoms with Crippen LogP contribution in [-0.4, -0.2) is 0 Å². The molecule has 0 heterocycles. The Hall–Kier alpha value is -1.55. The van der Waals surface area contributed by atoms with Crippen LogP contribution in [-0.2, 0) is 0 Å². The Morgan fingerprint density at radius 2 is 2.23 bits per heavy atom. The number of nitrogens with zero attached hydrogens (tertiary/aromatic N) is 1. The molecule has 13 heavy (non-hydrogen) atoms. The molecule has 1 nitrogen and oxygen atoms in total. The van der Waals surface area contributed by atoms with Gasteiger partial charge in [-0.1, -0.05) is 25.1 Å². The van der Waals surface area contributed by atoms with Crippen LogP contribution in [0.3, 0.4) is 0 Å². The summed E-state index contributed by atoms with van der Waals surface area (Å²) in [6, 6.07) is 8.05. The summed E-state index contributed by atoms with van der Waals surface area (Å²) in [5, 5.41) is 8.73. The quantitative estimate of drug-likeness (QED) is 0.627. The molecule has 1 aromatic rings. The Morgan fingerprint density at radius 1 is 1.54 bits per heavy atom. The Balaban J connectivity index is 3.11. The molecule has 0 radical (unpaired) electrons. The molecule has 0 saturated heterocycles. The average molecular weight is 171 g/mol. The Morgan fingerprint density at radius 3 is 2.69 bits per heavy atom. The van der Waals surface area contributed by atoms with Crippen molar-refractivity contribution in [3.05, 3.63) is 47.5 Å². The van der Waals surface area contributed by atoms with Crippen LogP contribution in [0, 0.1) is 18.3 Å². The second-order valence-corrected chi connectivity index (χ2v) is 3.21. The lowest BCUT2D eigenvalue weighted by molar-refractivity contribution is 0.967. The molecule has 0 aliphatic heterocycles. The van der Waals surface area contributed by atoms with Crippen molar-refractivity contribution in [2.24, 2.45) is 0 Å². The van der Waals surface area contributed by atoms with E-state index in [1.54, 1.807) is 0 Å². The second-order valence-electron chi connectivity index (χ2n) is 3.21. The maximum Gasteiger partial charge on any atom is 0.0994 e. The van der Waals surface area contributed by atoms with E-state index in [9.17, 15) is 0 Å². The van der Waals surface area contributed by atoms with E-state index in [0.29, 0.717) is 5.92 Å². The molecule has 1 heteroatoms. The fourth-order valence-electron chi connectivity index (χ4n) is 1.23. The average Bonchev–Trinajstić information content (AvgIpc) is 2.16. The topological polar surface area (TPSA) is 23.8 Å². The first-order chi connectivity index (χ1) is 6.19. The maximum absolute atomic E-state index is 8.73. The van der Waals surface area contributed by atoms with Crippen LogP contribution in [0.15, 0.2) is 30.9 Å². The lowest BCUT2D eigenvalue weighted by atomic mass is 9.97. The third kappa shape index (κ3) is 1.97. The molecule has 1 rings (SSSR count). The van der Waals surface area contributed by atoms with E-state index in [0.717, 1.165) is 11.1 Å². The van der Waals surface area contributed by atoms with Crippen LogP contribution in [0.2, 0.25) is 0 Å². The van der Waals surface area contributed by atoms with Gasteiger partial charge in [0.2, 0.25) is 0 Å². The molecular weight excluding hydrogens is 158 g/mol. The number of nitriles is 1. The van der Waals surface area contributed by atoms with Gasteiger partial charge in [0.25, 0.3) is 0 Å². The standard InChI is InChI=1S/C12H13N/c1-4-9(2)11-5-6-12(8-13)10(3)7-11/h4-7,9H,1H2,2-3H3. The Kier molecular flexibility index (Phi) is 2.87. The van der Waals surface area contributed by atoms with E-state index in [1.165, 1.54) is 5.56 Å². The van der Waals surface area contributed by atoms with Crippen molar-refractivity contribution in [3.8, 4) is 6.07 Å². The van der Waals surface area contributed by atoms with Gasteiger partial charge in [0, 0.05) is 0 Å². The largest absolute Gasteiger partial charge is 0.192 e. The fraction of sp³-hybridized carbons (Fsp3) is 0.250. The zero-order chi connectivity index (χ0) is 9.84. The second kappa shape index (κ2) is 3.91. The van der Waals surface area contributed by atoms with Gasteiger partial charge in [0.1, 0.15) is 0 Å². The fourth-order valence-corrected chi connectivity index (χ4v) is 1.23. The summed E-state index contributed by atoms with van der Waals surface area (Å²) in [5.74, 6) is 0.353. The van der Waals surface area contributed by atoms with Gasteiger partial charge in [-0.2, -0.15) is 5.26 Å². The van der Waals surface area contributed by atoms with E-state index in [-0.39, 0.29) is 0 Å². The third-order valence-corrected chi connectivity index (χ3v) is 2.25. The molecule has 0 saturated carbocycles. The molecule has 0 bridgehead atoms. The Labute approximate surface area is 79.3 Å². The molecule has 0 spiro atoms. The van der Waals surface area contributed by atoms with E-state index < -0.39 is 0 Å². The highest BCUT2D eigenvalue weighted by Crippen LogP contribution is 2.19. The number of aryl methyl sites for hydroxylation is 1. The van der Waals surface area contributed by atoms with E-state index in [4.69, 9.17) is 5.26 Å². The lowest BCUT2D eigenvalue weighted by Gasteiger charge is -2.07. The Bertz CT molecular complexity index is 358. The van der Waals surface area contributed by atoms with Gasteiger partial charge in [-0.25, -0.2) is 0 Å². The monoisotopic (exact) mass is 171 g/mol. The predicted octanol–water partition coefficient (Wildman–Crippen LogP) is 3.16. The van der Waals surface area contributed by atoms with Crippen LogP contribution in [0.4, 0.5) is 0 Å². The SMILES string of the molecule is C=CC(C)c1ccc(C#N)c(C)c1. The summed E-state index contributed by atoms with van der Waals surface area (Å²) in [4.78, 5) is 0. The highest BCUT2D eigenvalue weighted by atomic mass is 14.2. The van der Waals surface area contributed by atoms with Gasteiger partial charge in [-0.05, 0) is 30.0 Å². The molecule has 0 fully saturated rings. The molecule has 1 unspecified atom stereocenters. The summed E-state index contributed by atoms with van der Waals surface area (Å²) < 4.78 is 0. The number of hydrogen-bond acceptors (Lipinski definition) is 1. The van der Waals surface area contributed by atoms with Crippen molar-refractivity contribution < 1.29 is 0 Å². The van der Waals surface area contributed by atoms with Gasteiger partial charge < -0.3 is 0 Å². The molecule has 0 aliphatic rings. The number of allylic oxidation sites excluding steroid dienone is 1. The predicted molar refractivity (Wildman–Crippen MR) is 54.5 cm³/mol. The number of benzene rings is 1. The lowest BCUT2D eigenvalue weighted by Crippen LogP contribution is -1.91. The summed E-state index contributed by atoms with van der Waals surface area (Å²) in [6.07, 6.45) is 1.90. The van der Waals surface area contributed by atoms with Gasteiger partial charge in [-0.15, -0.1) is 6.58 Å². The van der Waals surface area contributed by atoms with E-state index in [1.807, 2.05) is 31.2 Å². The van der Waals surface area contributed by atoms with Crippen LogP contribution in [0.1, 0.15) is 29.5 Å².